The van der Waals surface area contributed by atoms with Crippen LogP contribution in [0.15, 0.2) is 47.6 Å². The number of aromatic nitrogens is 4. The van der Waals surface area contributed by atoms with Crippen molar-refractivity contribution < 1.29 is 23.8 Å². The molecule has 3 aromatic rings. The lowest BCUT2D eigenvalue weighted by atomic mass is 10.2. The van der Waals surface area contributed by atoms with Crippen molar-refractivity contribution in [2.24, 2.45) is 0 Å². The number of rotatable bonds is 8. The second-order valence-electron chi connectivity index (χ2n) is 5.82. The molecule has 30 heavy (non-hydrogen) atoms. The molecule has 0 saturated carbocycles. The van der Waals surface area contributed by atoms with Crippen molar-refractivity contribution in [1.29, 1.82) is 0 Å². The average Bonchev–Trinajstić information content (AvgIpc) is 3.25. The summed E-state index contributed by atoms with van der Waals surface area (Å²) in [4.78, 5) is 23.9. The van der Waals surface area contributed by atoms with E-state index in [1.165, 1.54) is 30.7 Å². The number of hydrogen-bond donors (Lipinski definition) is 1. The van der Waals surface area contributed by atoms with Gasteiger partial charge < -0.3 is 19.5 Å². The minimum Gasteiger partial charge on any atom is -0.493 e. The predicted octanol–water partition coefficient (Wildman–Crippen LogP) is 2.20. The number of nitrogens with one attached hydrogen (secondary N) is 1. The number of amides is 1. The Bertz CT molecular complexity index is 1060. The summed E-state index contributed by atoms with van der Waals surface area (Å²) in [5.41, 5.74) is 1.50. The van der Waals surface area contributed by atoms with E-state index in [2.05, 4.69) is 25.6 Å². The number of carbonyl (C=O) groups excluding carboxylic acids is 2. The molecular formula is C19H19N5O5S. The third kappa shape index (κ3) is 4.87. The molecule has 0 fully saturated rings. The topological polar surface area (TPSA) is 117 Å². The van der Waals surface area contributed by atoms with Crippen LogP contribution in [0.2, 0.25) is 0 Å². The molecule has 0 aliphatic heterocycles. The molecule has 0 aliphatic rings. The van der Waals surface area contributed by atoms with Crippen molar-refractivity contribution in [2.75, 3.05) is 32.4 Å². The summed E-state index contributed by atoms with van der Waals surface area (Å²) in [6, 6.07) is 11.7. The Morgan fingerprint density at radius 3 is 2.60 bits per heavy atom. The first-order chi connectivity index (χ1) is 14.5. The maximum absolute atomic E-state index is 12.3. The van der Waals surface area contributed by atoms with E-state index in [-0.39, 0.29) is 11.7 Å². The van der Waals surface area contributed by atoms with Gasteiger partial charge in [-0.1, -0.05) is 17.8 Å². The maximum atomic E-state index is 12.3. The number of carbonyl (C=O) groups is 2. The van der Waals surface area contributed by atoms with E-state index < -0.39 is 5.97 Å². The van der Waals surface area contributed by atoms with Crippen molar-refractivity contribution >= 4 is 29.3 Å². The highest BCUT2D eigenvalue weighted by atomic mass is 32.2. The fourth-order valence-electron chi connectivity index (χ4n) is 2.56. The second-order valence-corrected chi connectivity index (χ2v) is 6.76. The van der Waals surface area contributed by atoms with Gasteiger partial charge in [0.15, 0.2) is 11.5 Å². The van der Waals surface area contributed by atoms with Gasteiger partial charge in [0.1, 0.15) is 0 Å². The Kier molecular flexibility index (Phi) is 6.86. The second kappa shape index (κ2) is 9.74. The van der Waals surface area contributed by atoms with Gasteiger partial charge in [-0.25, -0.2) is 4.79 Å². The van der Waals surface area contributed by atoms with E-state index in [0.29, 0.717) is 33.6 Å². The van der Waals surface area contributed by atoms with Crippen LogP contribution in [-0.4, -0.2) is 59.2 Å². The molecule has 0 unspecified atom stereocenters. The first-order valence-corrected chi connectivity index (χ1v) is 9.66. The Morgan fingerprint density at radius 1 is 1.07 bits per heavy atom. The fourth-order valence-corrected chi connectivity index (χ4v) is 3.25. The molecule has 0 aliphatic carbocycles. The molecule has 10 nitrogen and oxygen atoms in total. The van der Waals surface area contributed by atoms with Crippen molar-refractivity contribution in [3.8, 4) is 17.2 Å². The first-order valence-electron chi connectivity index (χ1n) is 8.67. The fraction of sp³-hybridized carbons (Fsp3) is 0.211. The Morgan fingerprint density at radius 2 is 1.87 bits per heavy atom. The quantitative estimate of drug-likeness (QED) is 0.425. The van der Waals surface area contributed by atoms with Gasteiger partial charge in [-0.3, -0.25) is 4.79 Å². The molecule has 1 N–H and O–H groups in total. The van der Waals surface area contributed by atoms with Gasteiger partial charge in [0.25, 0.3) is 0 Å². The highest BCUT2D eigenvalue weighted by molar-refractivity contribution is 7.99. The lowest BCUT2D eigenvalue weighted by molar-refractivity contribution is -0.113. The Labute approximate surface area is 176 Å². The van der Waals surface area contributed by atoms with E-state index in [9.17, 15) is 9.59 Å². The molecule has 0 saturated heterocycles. The largest absolute Gasteiger partial charge is 0.493 e. The molecule has 156 valence electrons. The monoisotopic (exact) mass is 429 g/mol. The number of methoxy groups -OCH3 is 3. The molecule has 1 heterocycles. The highest BCUT2D eigenvalue weighted by Gasteiger charge is 2.14. The minimum atomic E-state index is -0.477. The van der Waals surface area contributed by atoms with Crippen LogP contribution < -0.4 is 14.8 Å². The normalized spacial score (nSPS) is 10.4. The van der Waals surface area contributed by atoms with Crippen LogP contribution in [0.1, 0.15) is 10.4 Å². The molecule has 0 spiro atoms. The molecule has 1 amide bonds. The van der Waals surface area contributed by atoms with Gasteiger partial charge in [-0.05, 0) is 40.8 Å². The highest BCUT2D eigenvalue weighted by Crippen LogP contribution is 2.30. The molecule has 0 atom stereocenters. The summed E-state index contributed by atoms with van der Waals surface area (Å²) >= 11 is 1.17. The van der Waals surface area contributed by atoms with Crippen LogP contribution in [0.4, 0.5) is 5.69 Å². The van der Waals surface area contributed by atoms with Crippen LogP contribution in [0.25, 0.3) is 5.69 Å². The molecule has 0 bridgehead atoms. The van der Waals surface area contributed by atoms with Crippen LogP contribution in [0.5, 0.6) is 11.5 Å². The van der Waals surface area contributed by atoms with Gasteiger partial charge >= 0.3 is 5.97 Å². The minimum absolute atomic E-state index is 0.0656. The summed E-state index contributed by atoms with van der Waals surface area (Å²) in [7, 11) is 4.39. The van der Waals surface area contributed by atoms with Crippen LogP contribution in [0.3, 0.4) is 0 Å². The lowest BCUT2D eigenvalue weighted by Crippen LogP contribution is -2.15. The van der Waals surface area contributed by atoms with Crippen LogP contribution >= 0.6 is 11.8 Å². The number of benzene rings is 2. The Hall–Kier alpha value is -3.60. The zero-order valence-electron chi connectivity index (χ0n) is 16.5. The van der Waals surface area contributed by atoms with Crippen molar-refractivity contribution in [1.82, 2.24) is 20.2 Å². The van der Waals surface area contributed by atoms with Crippen LogP contribution in [0, 0.1) is 0 Å². The van der Waals surface area contributed by atoms with Gasteiger partial charge in [0.2, 0.25) is 11.1 Å². The molecule has 11 heteroatoms. The number of ether oxygens (including phenoxy) is 3. The molecule has 3 rings (SSSR count). The number of hydrogen-bond acceptors (Lipinski definition) is 9. The van der Waals surface area contributed by atoms with E-state index in [1.807, 2.05) is 0 Å². The summed E-state index contributed by atoms with van der Waals surface area (Å²) < 4.78 is 16.7. The zero-order valence-corrected chi connectivity index (χ0v) is 17.3. The number of thioether (sulfide) groups is 1. The van der Waals surface area contributed by atoms with E-state index >= 15 is 0 Å². The predicted molar refractivity (Wildman–Crippen MR) is 109 cm³/mol. The van der Waals surface area contributed by atoms with E-state index in [0.717, 1.165) is 0 Å². The van der Waals surface area contributed by atoms with E-state index in [4.69, 9.17) is 9.47 Å². The van der Waals surface area contributed by atoms with Crippen molar-refractivity contribution in [3.05, 3.63) is 48.0 Å². The third-order valence-electron chi connectivity index (χ3n) is 3.95. The van der Waals surface area contributed by atoms with Gasteiger partial charge in [0, 0.05) is 11.8 Å². The van der Waals surface area contributed by atoms with E-state index in [1.54, 1.807) is 49.6 Å². The summed E-state index contributed by atoms with van der Waals surface area (Å²) in [5.74, 6) is 0.427. The number of anilines is 1. The smallest absolute Gasteiger partial charge is 0.337 e. The SMILES string of the molecule is COC(=O)c1cccc(NC(=O)CSc2nnnn2-c2ccc(OC)c(OC)c2)c1. The number of esters is 1. The lowest BCUT2D eigenvalue weighted by Gasteiger charge is -2.10. The number of nitrogens with zero attached hydrogens (tertiary/aromatic N) is 4. The molecule has 0 radical (unpaired) electrons. The van der Waals surface area contributed by atoms with Crippen molar-refractivity contribution in [3.63, 3.8) is 0 Å². The summed E-state index contributed by atoms with van der Waals surface area (Å²) in [6.45, 7) is 0. The van der Waals surface area contributed by atoms with Gasteiger partial charge in [-0.2, -0.15) is 4.68 Å². The third-order valence-corrected chi connectivity index (χ3v) is 4.87. The molecule has 2 aromatic carbocycles. The van der Waals surface area contributed by atoms with Gasteiger partial charge in [0.05, 0.1) is 38.3 Å². The standard InChI is InChI=1S/C19H19N5O5S/c1-27-15-8-7-14(10-16(15)28-2)24-19(21-22-23-24)30-11-17(25)20-13-6-4-5-12(9-13)18(26)29-3/h4-10H,11H2,1-3H3,(H,20,25). The first kappa shape index (κ1) is 21.1. The number of tetrazole rings is 1. The average molecular weight is 429 g/mol. The maximum Gasteiger partial charge on any atom is 0.337 e. The van der Waals surface area contributed by atoms with Crippen LogP contribution in [-0.2, 0) is 9.53 Å². The summed E-state index contributed by atoms with van der Waals surface area (Å²) in [6.07, 6.45) is 0. The molecule has 1 aromatic heterocycles. The van der Waals surface area contributed by atoms with Crippen molar-refractivity contribution in [2.45, 2.75) is 5.16 Å². The Balaban J connectivity index is 1.67. The molecular weight excluding hydrogens is 410 g/mol. The summed E-state index contributed by atoms with van der Waals surface area (Å²) in [5, 5.41) is 14.8. The van der Waals surface area contributed by atoms with Gasteiger partial charge in [-0.15, -0.1) is 5.10 Å². The zero-order chi connectivity index (χ0) is 21.5.